The zero-order valence-corrected chi connectivity index (χ0v) is 19.5. The number of aromatic hydroxyl groups is 1. The Kier molecular flexibility index (Phi) is 4.43. The molecule has 2 N–H and O–H groups in total. The molecule has 3 fully saturated rings. The van der Waals surface area contributed by atoms with Crippen molar-refractivity contribution in [3.63, 3.8) is 0 Å². The van der Waals surface area contributed by atoms with Crippen LogP contribution in [0.2, 0.25) is 0 Å². The van der Waals surface area contributed by atoms with Gasteiger partial charge in [-0.25, -0.2) is 0 Å². The van der Waals surface area contributed by atoms with Crippen molar-refractivity contribution in [3.8, 4) is 11.5 Å². The van der Waals surface area contributed by atoms with Gasteiger partial charge in [-0.15, -0.1) is 0 Å². The molecule has 0 radical (unpaired) electrons. The lowest BCUT2D eigenvalue weighted by Gasteiger charge is -2.62. The third-order valence-electron chi connectivity index (χ3n) is 9.12. The van der Waals surface area contributed by atoms with E-state index in [-0.39, 0.29) is 35.1 Å². The Morgan fingerprint density at radius 3 is 2.69 bits per heavy atom. The first-order valence-corrected chi connectivity index (χ1v) is 12.5. The number of alkyl halides is 3. The number of aliphatic hydroxyl groups is 1. The SMILES string of the molecule is O=C1/C(=C/c2ccccc2C(F)(F)F)C[C@@]2(O)[C@H]3Cc4ccc(O)c5c4[C@@]2(CCN3CC2CC2)[C@H]1O5. The zero-order valence-electron chi connectivity index (χ0n) is 19.5. The molecule has 0 amide bonds. The summed E-state index contributed by atoms with van der Waals surface area (Å²) >= 11 is 0. The summed E-state index contributed by atoms with van der Waals surface area (Å²) in [7, 11) is 0. The van der Waals surface area contributed by atoms with Crippen molar-refractivity contribution < 1.29 is 32.9 Å². The molecule has 1 spiro atoms. The number of rotatable bonds is 3. The van der Waals surface area contributed by atoms with Gasteiger partial charge in [-0.05, 0) is 67.5 Å². The molecule has 8 heteroatoms. The first-order valence-electron chi connectivity index (χ1n) is 12.5. The van der Waals surface area contributed by atoms with Gasteiger partial charge in [-0.2, -0.15) is 13.2 Å². The third kappa shape index (κ3) is 2.83. The zero-order chi connectivity index (χ0) is 25.0. The van der Waals surface area contributed by atoms with Crippen molar-refractivity contribution >= 4 is 11.9 Å². The van der Waals surface area contributed by atoms with Crippen LogP contribution in [0.3, 0.4) is 0 Å². The number of likely N-dealkylation sites (tertiary alicyclic amines) is 1. The highest BCUT2D eigenvalue weighted by molar-refractivity contribution is 6.06. The van der Waals surface area contributed by atoms with Crippen LogP contribution in [0.5, 0.6) is 11.5 Å². The first kappa shape index (κ1) is 22.4. The van der Waals surface area contributed by atoms with Gasteiger partial charge in [-0.1, -0.05) is 24.3 Å². The molecule has 2 aliphatic heterocycles. The van der Waals surface area contributed by atoms with Gasteiger partial charge < -0.3 is 14.9 Å². The van der Waals surface area contributed by atoms with Crippen LogP contribution in [0.15, 0.2) is 42.0 Å². The van der Waals surface area contributed by atoms with Crippen LogP contribution in [0.1, 0.15) is 47.9 Å². The third-order valence-corrected chi connectivity index (χ3v) is 9.12. The van der Waals surface area contributed by atoms with Crippen molar-refractivity contribution in [1.29, 1.82) is 0 Å². The molecule has 7 rings (SSSR count). The molecule has 2 aromatic rings. The number of halogens is 3. The highest BCUT2D eigenvalue weighted by Crippen LogP contribution is 2.65. The number of Topliss-reactive ketones (excluding diaryl/α,β-unsaturated/α-hetero) is 1. The van der Waals surface area contributed by atoms with E-state index in [1.54, 1.807) is 6.07 Å². The standard InChI is InChI=1S/C28H26F3NO4/c29-28(30,31)19-4-2-1-3-16(19)11-18-13-27(35)21-12-17-7-8-20(33)24-22(17)26(27,25(36-24)23(18)34)9-10-32(21)14-15-5-6-15/h1-4,7-8,11,15,21,25,33,35H,5-6,9-10,12-14H2/b18-11+/t21-,25+,26+,27-/m1/s1. The lowest BCUT2D eigenvalue weighted by Crippen LogP contribution is -2.77. The fourth-order valence-electron chi connectivity index (χ4n) is 7.38. The molecule has 3 aliphatic carbocycles. The molecule has 188 valence electrons. The van der Waals surface area contributed by atoms with Crippen LogP contribution >= 0.6 is 0 Å². The van der Waals surface area contributed by atoms with Gasteiger partial charge >= 0.3 is 6.18 Å². The lowest BCUT2D eigenvalue weighted by atomic mass is 9.48. The Morgan fingerprint density at radius 2 is 1.94 bits per heavy atom. The van der Waals surface area contributed by atoms with E-state index in [4.69, 9.17) is 4.74 Å². The van der Waals surface area contributed by atoms with Crippen molar-refractivity contribution in [2.75, 3.05) is 13.1 Å². The number of benzene rings is 2. The van der Waals surface area contributed by atoms with Crippen molar-refractivity contribution in [2.45, 2.75) is 61.4 Å². The van der Waals surface area contributed by atoms with E-state index in [9.17, 15) is 28.2 Å². The molecule has 5 nitrogen and oxygen atoms in total. The van der Waals surface area contributed by atoms with Crippen LogP contribution in [-0.2, 0) is 22.8 Å². The molecule has 2 aromatic carbocycles. The Bertz CT molecular complexity index is 1330. The second-order valence-corrected chi connectivity index (χ2v) is 11.0. The van der Waals surface area contributed by atoms with E-state index in [1.165, 1.54) is 24.3 Å². The smallest absolute Gasteiger partial charge is 0.416 e. The van der Waals surface area contributed by atoms with Crippen molar-refractivity contribution in [2.24, 2.45) is 5.92 Å². The Hall–Kier alpha value is -2.84. The number of nitrogens with zero attached hydrogens (tertiary/aromatic N) is 1. The summed E-state index contributed by atoms with van der Waals surface area (Å²) in [6, 6.07) is 8.28. The minimum atomic E-state index is -4.58. The predicted molar refractivity (Wildman–Crippen MR) is 125 cm³/mol. The molecule has 1 saturated heterocycles. The largest absolute Gasteiger partial charge is 0.504 e. The van der Waals surface area contributed by atoms with Crippen LogP contribution in [0.4, 0.5) is 13.2 Å². The Balaban J connectivity index is 1.40. The second-order valence-electron chi connectivity index (χ2n) is 11.0. The number of phenols is 1. The number of phenolic OH excluding ortho intramolecular Hbond substituents is 1. The average Bonchev–Trinajstić information content (AvgIpc) is 3.56. The number of ether oxygens (including phenoxy) is 1. The minimum absolute atomic E-state index is 0.0573. The van der Waals surface area contributed by atoms with Gasteiger partial charge in [0.1, 0.15) is 0 Å². The molecule has 36 heavy (non-hydrogen) atoms. The van der Waals surface area contributed by atoms with Crippen molar-refractivity contribution in [1.82, 2.24) is 4.90 Å². The number of hydrogen-bond donors (Lipinski definition) is 2. The van der Waals surface area contributed by atoms with Crippen LogP contribution < -0.4 is 4.74 Å². The number of carbonyl (C=O) groups excluding carboxylic acids is 1. The van der Waals surface area contributed by atoms with Gasteiger partial charge in [0, 0.05) is 30.1 Å². The summed E-state index contributed by atoms with van der Waals surface area (Å²) in [5.74, 6) is 0.318. The lowest BCUT2D eigenvalue weighted by molar-refractivity contribution is -0.180. The molecule has 4 atom stereocenters. The molecule has 0 aromatic heterocycles. The molecule has 5 aliphatic rings. The van der Waals surface area contributed by atoms with E-state index < -0.39 is 34.6 Å². The van der Waals surface area contributed by atoms with Crippen LogP contribution in [0, 0.1) is 5.92 Å². The fraction of sp³-hybridized carbons (Fsp3) is 0.464. The maximum Gasteiger partial charge on any atom is 0.416 e. The van der Waals surface area contributed by atoms with E-state index in [0.29, 0.717) is 30.9 Å². The minimum Gasteiger partial charge on any atom is -0.504 e. The van der Waals surface area contributed by atoms with E-state index >= 15 is 0 Å². The summed E-state index contributed by atoms with van der Waals surface area (Å²) in [5.41, 5.74) is -1.58. The quantitative estimate of drug-likeness (QED) is 0.621. The molecular formula is C28H26F3NO4. The summed E-state index contributed by atoms with van der Waals surface area (Å²) in [6.07, 6.45) is -1.11. The van der Waals surface area contributed by atoms with E-state index in [1.807, 2.05) is 6.07 Å². The summed E-state index contributed by atoms with van der Waals surface area (Å²) < 4.78 is 47.3. The first-order chi connectivity index (χ1) is 17.1. The van der Waals surface area contributed by atoms with E-state index in [2.05, 4.69) is 4.90 Å². The molecule has 0 unspecified atom stereocenters. The number of piperidine rings is 1. The molecule has 2 saturated carbocycles. The van der Waals surface area contributed by atoms with Gasteiger partial charge in [0.25, 0.3) is 0 Å². The van der Waals surface area contributed by atoms with Gasteiger partial charge in [-0.3, -0.25) is 9.69 Å². The van der Waals surface area contributed by atoms with Crippen LogP contribution in [-0.4, -0.2) is 51.7 Å². The van der Waals surface area contributed by atoms with Crippen molar-refractivity contribution in [3.05, 3.63) is 64.2 Å². The average molecular weight is 498 g/mol. The van der Waals surface area contributed by atoms with Gasteiger partial charge in [0.2, 0.25) is 0 Å². The van der Waals surface area contributed by atoms with Crippen LogP contribution in [0.25, 0.3) is 6.08 Å². The Morgan fingerprint density at radius 1 is 1.17 bits per heavy atom. The van der Waals surface area contributed by atoms with Gasteiger partial charge in [0.05, 0.1) is 16.6 Å². The van der Waals surface area contributed by atoms with Gasteiger partial charge in [0.15, 0.2) is 23.4 Å². The maximum atomic E-state index is 13.9. The summed E-state index contributed by atoms with van der Waals surface area (Å²) in [4.78, 5) is 16.2. The molecular weight excluding hydrogens is 471 g/mol. The highest BCUT2D eigenvalue weighted by Gasteiger charge is 2.74. The number of ketones is 1. The number of carbonyl (C=O) groups is 1. The topological polar surface area (TPSA) is 70.0 Å². The predicted octanol–water partition coefficient (Wildman–Crippen LogP) is 4.24. The Labute approximate surface area is 206 Å². The highest BCUT2D eigenvalue weighted by atomic mass is 19.4. The maximum absolute atomic E-state index is 13.9. The molecule has 2 bridgehead atoms. The fourth-order valence-corrected chi connectivity index (χ4v) is 7.38. The monoisotopic (exact) mass is 497 g/mol. The molecule has 2 heterocycles. The summed E-state index contributed by atoms with van der Waals surface area (Å²) in [6.45, 7) is 1.56. The second kappa shape index (κ2) is 7.13. The summed E-state index contributed by atoms with van der Waals surface area (Å²) in [5, 5.41) is 23.2. The van der Waals surface area contributed by atoms with E-state index in [0.717, 1.165) is 31.0 Å². The normalized spacial score (nSPS) is 34.0. The number of hydrogen-bond acceptors (Lipinski definition) is 5.